The quantitative estimate of drug-likeness (QED) is 0.824. The zero-order valence-corrected chi connectivity index (χ0v) is 11.1. The summed E-state index contributed by atoms with van der Waals surface area (Å²) in [6.07, 6.45) is 0. The maximum absolute atomic E-state index is 13.1. The van der Waals surface area contributed by atoms with Gasteiger partial charge in [-0.1, -0.05) is 23.2 Å². The third kappa shape index (κ3) is 3.36. The van der Waals surface area contributed by atoms with Gasteiger partial charge in [0, 0.05) is 16.3 Å². The van der Waals surface area contributed by atoms with Crippen molar-refractivity contribution in [3.63, 3.8) is 0 Å². The van der Waals surface area contributed by atoms with Crippen LogP contribution in [0.2, 0.25) is 10.0 Å². The van der Waals surface area contributed by atoms with Crippen LogP contribution in [0.15, 0.2) is 36.4 Å². The van der Waals surface area contributed by atoms with E-state index in [1.165, 1.54) is 30.3 Å². The molecule has 1 amide bonds. The molecular weight excluding hydrogens is 290 g/mol. The van der Waals surface area contributed by atoms with Gasteiger partial charge in [0.1, 0.15) is 5.82 Å². The number of hydrogen-bond donors (Lipinski definition) is 2. The first kappa shape index (κ1) is 13.6. The summed E-state index contributed by atoms with van der Waals surface area (Å²) in [5.74, 6) is -0.957. The molecule has 0 bridgehead atoms. The van der Waals surface area contributed by atoms with Crippen LogP contribution in [-0.2, 0) is 0 Å². The van der Waals surface area contributed by atoms with Crippen LogP contribution in [0.5, 0.6) is 0 Å². The minimum Gasteiger partial charge on any atom is -0.398 e. The molecule has 0 atom stereocenters. The summed E-state index contributed by atoms with van der Waals surface area (Å²) in [7, 11) is 0. The molecule has 0 fully saturated rings. The van der Waals surface area contributed by atoms with Crippen molar-refractivity contribution in [1.82, 2.24) is 0 Å². The van der Waals surface area contributed by atoms with Crippen LogP contribution in [-0.4, -0.2) is 5.91 Å². The molecule has 0 heterocycles. The monoisotopic (exact) mass is 298 g/mol. The molecule has 0 saturated heterocycles. The molecule has 0 unspecified atom stereocenters. The van der Waals surface area contributed by atoms with E-state index in [1.54, 1.807) is 0 Å². The molecule has 0 radical (unpaired) electrons. The van der Waals surface area contributed by atoms with Gasteiger partial charge in [0.15, 0.2) is 0 Å². The number of nitrogens with one attached hydrogen (secondary N) is 1. The second kappa shape index (κ2) is 5.47. The smallest absolute Gasteiger partial charge is 0.255 e. The Hall–Kier alpha value is -1.78. The lowest BCUT2D eigenvalue weighted by Gasteiger charge is -2.07. The highest BCUT2D eigenvalue weighted by Gasteiger charge is 2.09. The van der Waals surface area contributed by atoms with Crippen LogP contribution in [0.3, 0.4) is 0 Å². The Morgan fingerprint density at radius 2 is 1.89 bits per heavy atom. The third-order valence-electron chi connectivity index (χ3n) is 2.38. The van der Waals surface area contributed by atoms with E-state index in [2.05, 4.69) is 5.32 Å². The van der Waals surface area contributed by atoms with Gasteiger partial charge in [-0.15, -0.1) is 0 Å². The molecule has 3 N–H and O–H groups in total. The van der Waals surface area contributed by atoms with E-state index in [-0.39, 0.29) is 15.7 Å². The fraction of sp³-hybridized carbons (Fsp3) is 0. The van der Waals surface area contributed by atoms with E-state index in [1.807, 2.05) is 0 Å². The average molecular weight is 299 g/mol. The normalized spacial score (nSPS) is 10.3. The van der Waals surface area contributed by atoms with Crippen molar-refractivity contribution < 1.29 is 9.18 Å². The lowest BCUT2D eigenvalue weighted by molar-refractivity contribution is 0.102. The second-order valence-corrected chi connectivity index (χ2v) is 4.69. The summed E-state index contributed by atoms with van der Waals surface area (Å²) in [5.41, 5.74) is 6.52. The summed E-state index contributed by atoms with van der Waals surface area (Å²) in [4.78, 5) is 11.9. The van der Waals surface area contributed by atoms with E-state index in [9.17, 15) is 9.18 Å². The predicted molar refractivity (Wildman–Crippen MR) is 75.2 cm³/mol. The second-order valence-electron chi connectivity index (χ2n) is 3.85. The summed E-state index contributed by atoms with van der Waals surface area (Å²) in [5, 5.41) is 3.01. The molecule has 0 aromatic heterocycles. The van der Waals surface area contributed by atoms with Crippen LogP contribution >= 0.6 is 23.2 Å². The first-order valence-corrected chi connectivity index (χ1v) is 6.04. The lowest BCUT2D eigenvalue weighted by Crippen LogP contribution is -2.12. The van der Waals surface area contributed by atoms with Gasteiger partial charge in [-0.25, -0.2) is 4.39 Å². The van der Waals surface area contributed by atoms with Gasteiger partial charge in [-0.3, -0.25) is 4.79 Å². The Balaban J connectivity index is 2.22. The number of anilines is 2. The summed E-state index contributed by atoms with van der Waals surface area (Å²) in [6.45, 7) is 0. The van der Waals surface area contributed by atoms with Crippen molar-refractivity contribution in [2.75, 3.05) is 11.1 Å². The number of amides is 1. The molecule has 2 rings (SSSR count). The molecule has 0 saturated carbocycles. The highest BCUT2D eigenvalue weighted by Crippen LogP contribution is 2.22. The van der Waals surface area contributed by atoms with Gasteiger partial charge >= 0.3 is 0 Å². The lowest BCUT2D eigenvalue weighted by atomic mass is 10.2. The number of carbonyl (C=O) groups excluding carboxylic acids is 1. The van der Waals surface area contributed by atoms with Gasteiger partial charge in [-0.05, 0) is 36.4 Å². The Morgan fingerprint density at radius 1 is 1.16 bits per heavy atom. The summed E-state index contributed by atoms with van der Waals surface area (Å²) < 4.78 is 13.1. The highest BCUT2D eigenvalue weighted by molar-refractivity contribution is 6.33. The van der Waals surface area contributed by atoms with E-state index < -0.39 is 11.7 Å². The topological polar surface area (TPSA) is 55.1 Å². The van der Waals surface area contributed by atoms with Crippen LogP contribution in [0.25, 0.3) is 0 Å². The molecule has 6 heteroatoms. The molecular formula is C13H9Cl2FN2O. The summed E-state index contributed by atoms with van der Waals surface area (Å²) in [6, 6.07) is 8.25. The average Bonchev–Trinajstić information content (AvgIpc) is 2.31. The molecule has 3 nitrogen and oxygen atoms in total. The van der Waals surface area contributed by atoms with Crippen molar-refractivity contribution in [2.45, 2.75) is 0 Å². The van der Waals surface area contributed by atoms with Gasteiger partial charge in [0.25, 0.3) is 5.91 Å². The van der Waals surface area contributed by atoms with Crippen molar-refractivity contribution in [1.29, 1.82) is 0 Å². The standard InChI is InChI=1S/C13H9Cl2FN2O/c14-8-4-9(16)6-10(5-8)18-13(19)7-1-2-12(17)11(15)3-7/h1-6H,17H2,(H,18,19). The first-order valence-electron chi connectivity index (χ1n) is 5.28. The van der Waals surface area contributed by atoms with Crippen molar-refractivity contribution in [3.05, 3.63) is 57.8 Å². The molecule has 0 aliphatic rings. The van der Waals surface area contributed by atoms with Crippen molar-refractivity contribution in [2.24, 2.45) is 0 Å². The predicted octanol–water partition coefficient (Wildman–Crippen LogP) is 3.97. The van der Waals surface area contributed by atoms with E-state index in [0.717, 1.165) is 6.07 Å². The van der Waals surface area contributed by atoms with E-state index >= 15 is 0 Å². The molecule has 19 heavy (non-hydrogen) atoms. The first-order chi connectivity index (χ1) is 8.95. The molecule has 98 valence electrons. The number of halogens is 3. The van der Waals surface area contributed by atoms with Gasteiger partial charge in [0.05, 0.1) is 10.7 Å². The number of nitrogen functional groups attached to an aromatic ring is 1. The maximum Gasteiger partial charge on any atom is 0.255 e. The third-order valence-corrected chi connectivity index (χ3v) is 2.93. The molecule has 0 spiro atoms. The van der Waals surface area contributed by atoms with Crippen LogP contribution in [0.4, 0.5) is 15.8 Å². The molecule has 0 aliphatic carbocycles. The van der Waals surface area contributed by atoms with Gasteiger partial charge < -0.3 is 11.1 Å². The van der Waals surface area contributed by atoms with Gasteiger partial charge in [0.2, 0.25) is 0 Å². The SMILES string of the molecule is Nc1ccc(C(=O)Nc2cc(F)cc(Cl)c2)cc1Cl. The number of hydrogen-bond acceptors (Lipinski definition) is 2. The Labute approximate surface area is 119 Å². The zero-order chi connectivity index (χ0) is 14.0. The van der Waals surface area contributed by atoms with E-state index in [4.69, 9.17) is 28.9 Å². The largest absolute Gasteiger partial charge is 0.398 e. The summed E-state index contributed by atoms with van der Waals surface area (Å²) >= 11 is 11.5. The minimum atomic E-state index is -0.530. The minimum absolute atomic E-state index is 0.200. The number of benzene rings is 2. The van der Waals surface area contributed by atoms with Crippen molar-refractivity contribution in [3.8, 4) is 0 Å². The Bertz CT molecular complexity index is 626. The van der Waals surface area contributed by atoms with Gasteiger partial charge in [-0.2, -0.15) is 0 Å². The van der Waals surface area contributed by atoms with Crippen LogP contribution in [0, 0.1) is 5.82 Å². The molecule has 2 aromatic rings. The van der Waals surface area contributed by atoms with Crippen molar-refractivity contribution >= 4 is 40.5 Å². The van der Waals surface area contributed by atoms with Crippen LogP contribution in [0.1, 0.15) is 10.4 Å². The molecule has 0 aliphatic heterocycles. The number of nitrogens with two attached hydrogens (primary N) is 1. The number of carbonyl (C=O) groups is 1. The maximum atomic E-state index is 13.1. The van der Waals surface area contributed by atoms with E-state index in [0.29, 0.717) is 11.3 Å². The van der Waals surface area contributed by atoms with Crippen LogP contribution < -0.4 is 11.1 Å². The number of rotatable bonds is 2. The Kier molecular flexibility index (Phi) is 3.93. The molecule has 2 aromatic carbocycles. The zero-order valence-electron chi connectivity index (χ0n) is 9.58. The fourth-order valence-electron chi connectivity index (χ4n) is 1.50. The highest BCUT2D eigenvalue weighted by atomic mass is 35.5. The fourth-order valence-corrected chi connectivity index (χ4v) is 1.90. The Morgan fingerprint density at radius 3 is 2.53 bits per heavy atom.